The summed E-state index contributed by atoms with van der Waals surface area (Å²) < 4.78 is 11.0. The number of hydrogen-bond acceptors (Lipinski definition) is 6. The second-order valence-electron chi connectivity index (χ2n) is 8.09. The van der Waals surface area contributed by atoms with Gasteiger partial charge in [-0.1, -0.05) is 56.7 Å². The van der Waals surface area contributed by atoms with Gasteiger partial charge >= 0.3 is 0 Å². The van der Waals surface area contributed by atoms with Gasteiger partial charge < -0.3 is 9.47 Å². The molecule has 0 heterocycles. The minimum absolute atomic E-state index is 0.219. The van der Waals surface area contributed by atoms with Gasteiger partial charge in [-0.25, -0.2) is 0 Å². The molecular weight excluding hydrogens is 414 g/mol. The number of carbonyl (C=O) groups excluding carboxylic acids is 1. The van der Waals surface area contributed by atoms with Crippen LogP contribution in [0.5, 0.6) is 11.5 Å². The van der Waals surface area contributed by atoms with E-state index in [1.165, 1.54) is 56.7 Å². The van der Waals surface area contributed by atoms with Gasteiger partial charge in [0.15, 0.2) is 5.12 Å². The Morgan fingerprint density at radius 1 is 0.935 bits per heavy atom. The van der Waals surface area contributed by atoms with Crippen LogP contribution < -0.4 is 9.47 Å². The highest BCUT2D eigenvalue weighted by molar-refractivity contribution is 8.13. The number of aryl methyl sites for hydroxylation is 1. The van der Waals surface area contributed by atoms with E-state index >= 15 is 0 Å². The van der Waals surface area contributed by atoms with Crippen molar-refractivity contribution in [2.24, 2.45) is 0 Å². The first-order chi connectivity index (χ1) is 14.9. The van der Waals surface area contributed by atoms with Crippen molar-refractivity contribution in [2.45, 2.75) is 90.5 Å². The number of nitrogens with zero attached hydrogens (tertiary/aromatic N) is 1. The SMILES string of the molecule is COc1cc(CC(C)[N+](=O)[O-])c(OC)cc1CCCCCCCCCCCSC(C)=O. The van der Waals surface area contributed by atoms with Crippen LogP contribution in [0.2, 0.25) is 0 Å². The van der Waals surface area contributed by atoms with Crippen molar-refractivity contribution in [1.29, 1.82) is 0 Å². The quantitative estimate of drug-likeness (QED) is 0.158. The standard InChI is InChI=1S/C24H39NO5S/c1-19(25(27)28)16-22-18-23(29-3)21(17-24(22)30-4)14-12-10-8-6-5-7-9-11-13-15-31-20(2)26/h17-19H,5-16H2,1-4H3. The maximum Gasteiger partial charge on any atom is 0.214 e. The lowest BCUT2D eigenvalue weighted by atomic mass is 9.99. The lowest BCUT2D eigenvalue weighted by molar-refractivity contribution is -0.517. The monoisotopic (exact) mass is 453 g/mol. The fraction of sp³-hybridized carbons (Fsp3) is 0.708. The molecule has 0 radical (unpaired) electrons. The molecule has 176 valence electrons. The molecule has 0 aliphatic heterocycles. The van der Waals surface area contributed by atoms with Gasteiger partial charge in [0.1, 0.15) is 11.5 Å². The van der Waals surface area contributed by atoms with Crippen LogP contribution in [0.1, 0.15) is 82.8 Å². The molecule has 7 heteroatoms. The third kappa shape index (κ3) is 11.4. The molecule has 0 aromatic heterocycles. The minimum Gasteiger partial charge on any atom is -0.496 e. The average molecular weight is 454 g/mol. The molecule has 0 fully saturated rings. The summed E-state index contributed by atoms with van der Waals surface area (Å²) in [4.78, 5) is 21.6. The number of nitro groups is 1. The zero-order chi connectivity index (χ0) is 23.1. The highest BCUT2D eigenvalue weighted by Crippen LogP contribution is 2.31. The molecule has 0 bridgehead atoms. The number of methoxy groups -OCH3 is 2. The van der Waals surface area contributed by atoms with Crippen LogP contribution in [0.15, 0.2) is 12.1 Å². The zero-order valence-corrected chi connectivity index (χ0v) is 20.4. The van der Waals surface area contributed by atoms with Gasteiger partial charge in [-0.05, 0) is 37.0 Å². The van der Waals surface area contributed by atoms with E-state index in [-0.39, 0.29) is 10.0 Å². The van der Waals surface area contributed by atoms with Crippen LogP contribution in [0.25, 0.3) is 0 Å². The number of unbranched alkanes of at least 4 members (excludes halogenated alkanes) is 8. The zero-order valence-electron chi connectivity index (χ0n) is 19.6. The van der Waals surface area contributed by atoms with Crippen LogP contribution in [0.4, 0.5) is 0 Å². The smallest absolute Gasteiger partial charge is 0.214 e. The van der Waals surface area contributed by atoms with Gasteiger partial charge in [0.25, 0.3) is 0 Å². The van der Waals surface area contributed by atoms with Gasteiger partial charge in [-0.15, -0.1) is 0 Å². The second kappa shape index (κ2) is 16.0. The Morgan fingerprint density at radius 2 is 1.42 bits per heavy atom. The summed E-state index contributed by atoms with van der Waals surface area (Å²) >= 11 is 1.43. The van der Waals surface area contributed by atoms with E-state index in [2.05, 4.69) is 0 Å². The highest BCUT2D eigenvalue weighted by atomic mass is 32.2. The largest absolute Gasteiger partial charge is 0.496 e. The number of benzene rings is 1. The van der Waals surface area contributed by atoms with E-state index in [4.69, 9.17) is 9.47 Å². The first-order valence-electron chi connectivity index (χ1n) is 11.4. The Hall–Kier alpha value is -1.76. The van der Waals surface area contributed by atoms with Crippen molar-refractivity contribution < 1.29 is 19.2 Å². The van der Waals surface area contributed by atoms with Crippen molar-refractivity contribution in [3.05, 3.63) is 33.4 Å². The first kappa shape index (κ1) is 27.3. The Bertz CT molecular complexity index is 680. The molecule has 1 aromatic carbocycles. The molecule has 0 amide bonds. The maximum atomic E-state index is 11.0. The van der Waals surface area contributed by atoms with Crippen molar-refractivity contribution in [2.75, 3.05) is 20.0 Å². The van der Waals surface area contributed by atoms with E-state index in [9.17, 15) is 14.9 Å². The molecule has 1 atom stereocenters. The molecular formula is C24H39NO5S. The Labute approximate surface area is 191 Å². The van der Waals surface area contributed by atoms with Crippen molar-refractivity contribution in [3.63, 3.8) is 0 Å². The Balaban J connectivity index is 2.32. The van der Waals surface area contributed by atoms with Crippen LogP contribution in [-0.2, 0) is 17.6 Å². The van der Waals surface area contributed by atoms with Crippen LogP contribution in [0, 0.1) is 10.1 Å². The number of carbonyl (C=O) groups is 1. The van der Waals surface area contributed by atoms with E-state index < -0.39 is 6.04 Å². The van der Waals surface area contributed by atoms with E-state index in [0.717, 1.165) is 41.9 Å². The molecule has 0 N–H and O–H groups in total. The lowest BCUT2D eigenvalue weighted by Gasteiger charge is -2.15. The number of hydrogen-bond donors (Lipinski definition) is 0. The van der Waals surface area contributed by atoms with Crippen LogP contribution in [-0.4, -0.2) is 36.1 Å². The minimum atomic E-state index is -0.663. The maximum absolute atomic E-state index is 11.0. The predicted octanol–water partition coefficient (Wildman–Crippen LogP) is 6.24. The predicted molar refractivity (Wildman–Crippen MR) is 128 cm³/mol. The highest BCUT2D eigenvalue weighted by Gasteiger charge is 2.19. The fourth-order valence-electron chi connectivity index (χ4n) is 3.64. The molecule has 0 aliphatic carbocycles. The van der Waals surface area contributed by atoms with Crippen molar-refractivity contribution in [1.82, 2.24) is 0 Å². The number of ether oxygens (including phenoxy) is 2. The summed E-state index contributed by atoms with van der Waals surface area (Å²) in [6, 6.07) is 3.21. The van der Waals surface area contributed by atoms with E-state index in [1.54, 1.807) is 28.1 Å². The summed E-state index contributed by atoms with van der Waals surface area (Å²) in [5, 5.41) is 11.2. The summed E-state index contributed by atoms with van der Waals surface area (Å²) in [6.45, 7) is 3.24. The number of rotatable bonds is 17. The third-order valence-corrected chi connectivity index (χ3v) is 6.35. The Kier molecular flexibility index (Phi) is 14.0. The topological polar surface area (TPSA) is 78.7 Å². The van der Waals surface area contributed by atoms with Gasteiger partial charge in [0, 0.05) is 36.5 Å². The third-order valence-electron chi connectivity index (χ3n) is 5.45. The first-order valence-corrected chi connectivity index (χ1v) is 12.4. The number of thioether (sulfide) groups is 1. The fourth-order valence-corrected chi connectivity index (χ4v) is 4.28. The molecule has 1 rings (SSSR count). The van der Waals surface area contributed by atoms with Crippen molar-refractivity contribution >= 4 is 16.9 Å². The van der Waals surface area contributed by atoms with E-state index in [0.29, 0.717) is 12.2 Å². The molecule has 0 saturated carbocycles. The van der Waals surface area contributed by atoms with Gasteiger partial charge in [0.05, 0.1) is 14.2 Å². The second-order valence-corrected chi connectivity index (χ2v) is 9.36. The molecule has 6 nitrogen and oxygen atoms in total. The summed E-state index contributed by atoms with van der Waals surface area (Å²) in [7, 11) is 3.25. The van der Waals surface area contributed by atoms with Crippen LogP contribution in [0.3, 0.4) is 0 Å². The summed E-state index contributed by atoms with van der Waals surface area (Å²) in [6.07, 6.45) is 12.2. The molecule has 0 spiro atoms. The summed E-state index contributed by atoms with van der Waals surface area (Å²) in [5.41, 5.74) is 1.91. The van der Waals surface area contributed by atoms with Gasteiger partial charge in [-0.2, -0.15) is 0 Å². The summed E-state index contributed by atoms with van der Waals surface area (Å²) in [5.74, 6) is 2.44. The molecule has 31 heavy (non-hydrogen) atoms. The normalized spacial score (nSPS) is 11.9. The molecule has 1 aromatic rings. The molecule has 0 aliphatic rings. The van der Waals surface area contributed by atoms with Gasteiger partial charge in [0.2, 0.25) is 6.04 Å². The van der Waals surface area contributed by atoms with Crippen LogP contribution >= 0.6 is 11.8 Å². The van der Waals surface area contributed by atoms with Crippen molar-refractivity contribution in [3.8, 4) is 11.5 Å². The molecule has 0 saturated heterocycles. The molecule has 1 unspecified atom stereocenters. The van der Waals surface area contributed by atoms with Gasteiger partial charge in [-0.3, -0.25) is 14.9 Å². The Morgan fingerprint density at radius 3 is 1.94 bits per heavy atom. The van der Waals surface area contributed by atoms with E-state index in [1.807, 2.05) is 12.1 Å². The average Bonchev–Trinajstić information content (AvgIpc) is 2.74. The lowest BCUT2D eigenvalue weighted by Crippen LogP contribution is -2.18.